The minimum Gasteiger partial charge on any atom is -0.480 e. The highest BCUT2D eigenvalue weighted by molar-refractivity contribution is 6.30. The van der Waals surface area contributed by atoms with Crippen LogP contribution in [0, 0.1) is 18.8 Å². The van der Waals surface area contributed by atoms with Gasteiger partial charge in [-0.2, -0.15) is 5.10 Å². The average Bonchev–Trinajstić information content (AvgIpc) is 3.11. The Morgan fingerprint density at radius 1 is 1.06 bits per heavy atom. The second-order valence-corrected chi connectivity index (χ2v) is 9.10. The monoisotopic (exact) mass is 452 g/mol. The van der Waals surface area contributed by atoms with Gasteiger partial charge < -0.3 is 9.84 Å². The van der Waals surface area contributed by atoms with Gasteiger partial charge in [-0.15, -0.1) is 0 Å². The van der Waals surface area contributed by atoms with Crippen LogP contribution in [0.2, 0.25) is 5.02 Å². The van der Waals surface area contributed by atoms with Crippen molar-refractivity contribution >= 4 is 17.6 Å². The molecule has 0 saturated heterocycles. The molecule has 0 amide bonds. The second kappa shape index (κ2) is 10.3. The number of halogens is 1. The van der Waals surface area contributed by atoms with Crippen molar-refractivity contribution in [1.29, 1.82) is 0 Å². The van der Waals surface area contributed by atoms with E-state index in [0.29, 0.717) is 23.5 Å². The summed E-state index contributed by atoms with van der Waals surface area (Å²) in [5.74, 6) is 0.101. The van der Waals surface area contributed by atoms with Crippen molar-refractivity contribution in [2.75, 3.05) is 13.2 Å². The topological polar surface area (TPSA) is 64.4 Å². The van der Waals surface area contributed by atoms with E-state index in [0.717, 1.165) is 60.3 Å². The largest absolute Gasteiger partial charge is 0.480 e. The third kappa shape index (κ3) is 5.40. The Bertz CT molecular complexity index is 1060. The Balaban J connectivity index is 1.52. The smallest absolute Gasteiger partial charge is 0.329 e. The highest BCUT2D eigenvalue weighted by Gasteiger charge is 2.24. The van der Waals surface area contributed by atoms with E-state index in [1.54, 1.807) is 0 Å². The Hall–Kier alpha value is -2.63. The van der Waals surface area contributed by atoms with Crippen LogP contribution in [0.4, 0.5) is 0 Å². The van der Waals surface area contributed by atoms with Crippen molar-refractivity contribution in [1.82, 2.24) is 9.78 Å². The molecule has 0 bridgehead atoms. The van der Waals surface area contributed by atoms with Crippen LogP contribution in [0.15, 0.2) is 54.6 Å². The second-order valence-electron chi connectivity index (χ2n) is 8.66. The highest BCUT2D eigenvalue weighted by Crippen LogP contribution is 2.37. The van der Waals surface area contributed by atoms with E-state index in [1.807, 2.05) is 24.3 Å². The molecule has 1 aliphatic carbocycles. The van der Waals surface area contributed by atoms with Gasteiger partial charge in [0, 0.05) is 28.4 Å². The van der Waals surface area contributed by atoms with Crippen LogP contribution in [-0.4, -0.2) is 34.1 Å². The summed E-state index contributed by atoms with van der Waals surface area (Å²) < 4.78 is 7.46. The maximum atomic E-state index is 10.6. The van der Waals surface area contributed by atoms with E-state index in [-0.39, 0.29) is 6.61 Å². The molecule has 32 heavy (non-hydrogen) atoms. The molecule has 1 aliphatic rings. The number of aromatic nitrogens is 2. The van der Waals surface area contributed by atoms with E-state index in [2.05, 4.69) is 41.9 Å². The minimum atomic E-state index is -0.905. The van der Waals surface area contributed by atoms with Gasteiger partial charge in [0.05, 0.1) is 6.61 Å². The van der Waals surface area contributed by atoms with Gasteiger partial charge >= 0.3 is 5.97 Å². The first-order chi connectivity index (χ1) is 15.5. The van der Waals surface area contributed by atoms with Crippen molar-refractivity contribution in [3.05, 3.63) is 65.3 Å². The average molecular weight is 453 g/mol. The van der Waals surface area contributed by atoms with Gasteiger partial charge in [0.2, 0.25) is 0 Å². The van der Waals surface area contributed by atoms with Gasteiger partial charge in [-0.1, -0.05) is 54.1 Å². The summed E-state index contributed by atoms with van der Waals surface area (Å²) >= 11 is 6.29. The first kappa shape index (κ1) is 22.6. The van der Waals surface area contributed by atoms with Crippen LogP contribution in [0.1, 0.15) is 31.4 Å². The fourth-order valence-corrected chi connectivity index (χ4v) is 4.84. The van der Waals surface area contributed by atoms with E-state index < -0.39 is 5.97 Å². The van der Waals surface area contributed by atoms with Crippen LogP contribution < -0.4 is 0 Å². The Labute approximate surface area is 194 Å². The molecule has 0 atom stereocenters. The summed E-state index contributed by atoms with van der Waals surface area (Å²) in [5.41, 5.74) is 5.47. The molecule has 5 nitrogen and oxygen atoms in total. The van der Waals surface area contributed by atoms with E-state index in [4.69, 9.17) is 26.5 Å². The number of carboxylic acid groups (broad SMARTS) is 1. The predicted octanol–water partition coefficient (Wildman–Crippen LogP) is 6.09. The molecular weight excluding hydrogens is 424 g/mol. The number of nitrogens with zero attached hydrogens (tertiary/aromatic N) is 2. The molecule has 1 N–H and O–H groups in total. The maximum absolute atomic E-state index is 10.6. The maximum Gasteiger partial charge on any atom is 0.329 e. The molecule has 168 valence electrons. The third-order valence-corrected chi connectivity index (χ3v) is 6.58. The fraction of sp³-hybridized carbons (Fsp3) is 0.385. The van der Waals surface area contributed by atoms with Crippen molar-refractivity contribution in [2.45, 2.75) is 39.2 Å². The number of hydrogen-bond donors (Lipinski definition) is 1. The molecule has 3 aromatic rings. The molecule has 1 saturated carbocycles. The molecule has 0 aliphatic heterocycles. The van der Waals surface area contributed by atoms with Gasteiger partial charge in [0.25, 0.3) is 0 Å². The fourth-order valence-electron chi connectivity index (χ4n) is 4.65. The number of hydrogen-bond acceptors (Lipinski definition) is 3. The van der Waals surface area contributed by atoms with Gasteiger partial charge in [0.15, 0.2) is 0 Å². The SMILES string of the molecule is Cc1c(-c2ccccc2)c(-c2cccc(Cl)c2)nn1C[C@H]1CC[C@@H](COCC(=O)O)CC1. The van der Waals surface area contributed by atoms with E-state index in [9.17, 15) is 4.79 Å². The first-order valence-electron chi connectivity index (χ1n) is 11.2. The lowest BCUT2D eigenvalue weighted by molar-refractivity contribution is -0.142. The zero-order valence-corrected chi connectivity index (χ0v) is 19.1. The minimum absolute atomic E-state index is 0.207. The van der Waals surface area contributed by atoms with Crippen molar-refractivity contribution in [2.24, 2.45) is 11.8 Å². The van der Waals surface area contributed by atoms with Crippen molar-refractivity contribution in [3.63, 3.8) is 0 Å². The van der Waals surface area contributed by atoms with Gasteiger partial charge in [-0.25, -0.2) is 4.79 Å². The molecule has 0 spiro atoms. The summed E-state index contributed by atoms with van der Waals surface area (Å²) in [4.78, 5) is 10.6. The highest BCUT2D eigenvalue weighted by atomic mass is 35.5. The van der Waals surface area contributed by atoms with Gasteiger partial charge in [-0.3, -0.25) is 4.68 Å². The zero-order chi connectivity index (χ0) is 22.5. The summed E-state index contributed by atoms with van der Waals surface area (Å²) in [7, 11) is 0. The van der Waals surface area contributed by atoms with Crippen LogP contribution in [0.5, 0.6) is 0 Å². The van der Waals surface area contributed by atoms with Crippen LogP contribution >= 0.6 is 11.6 Å². The Morgan fingerprint density at radius 2 is 1.75 bits per heavy atom. The van der Waals surface area contributed by atoms with Crippen LogP contribution in [0.3, 0.4) is 0 Å². The number of carbonyl (C=O) groups is 1. The summed E-state index contributed by atoms with van der Waals surface area (Å²) in [6.07, 6.45) is 4.34. The van der Waals surface area contributed by atoms with E-state index >= 15 is 0 Å². The summed E-state index contributed by atoms with van der Waals surface area (Å²) in [6, 6.07) is 18.3. The molecule has 2 aromatic carbocycles. The van der Waals surface area contributed by atoms with Gasteiger partial charge in [0.1, 0.15) is 12.3 Å². The molecule has 0 unspecified atom stereocenters. The molecule has 6 heteroatoms. The van der Waals surface area contributed by atoms with Crippen molar-refractivity contribution in [3.8, 4) is 22.4 Å². The zero-order valence-electron chi connectivity index (χ0n) is 18.3. The van der Waals surface area contributed by atoms with Crippen molar-refractivity contribution < 1.29 is 14.6 Å². The lowest BCUT2D eigenvalue weighted by Gasteiger charge is -2.28. The molecule has 0 radical (unpaired) electrons. The quantitative estimate of drug-likeness (QED) is 0.449. The number of rotatable bonds is 8. The number of ether oxygens (including phenoxy) is 1. The third-order valence-electron chi connectivity index (χ3n) is 6.34. The van der Waals surface area contributed by atoms with Gasteiger partial charge in [-0.05, 0) is 62.1 Å². The Kier molecular flexibility index (Phi) is 7.28. The summed E-state index contributed by atoms with van der Waals surface area (Å²) in [5, 5.41) is 14.5. The van der Waals surface area contributed by atoms with E-state index in [1.165, 1.54) is 0 Å². The standard InChI is InChI=1S/C26H29ClN2O3/c1-18-25(21-6-3-2-4-7-21)26(22-8-5-9-23(27)14-22)28-29(18)15-19-10-12-20(13-11-19)16-32-17-24(30)31/h2-9,14,19-20H,10-13,15-17H2,1H3,(H,30,31)/t19-,20+. The normalized spacial score (nSPS) is 18.6. The number of carboxylic acids is 1. The molecular formula is C26H29ClN2O3. The summed E-state index contributed by atoms with van der Waals surface area (Å²) in [6.45, 7) is 3.36. The van der Waals surface area contributed by atoms with Crippen LogP contribution in [0.25, 0.3) is 22.4 Å². The number of aliphatic carboxylic acids is 1. The molecule has 1 heterocycles. The lowest BCUT2D eigenvalue weighted by atomic mass is 9.82. The number of benzene rings is 2. The predicted molar refractivity (Wildman–Crippen MR) is 127 cm³/mol. The molecule has 1 aromatic heterocycles. The van der Waals surface area contributed by atoms with Crippen LogP contribution in [-0.2, 0) is 16.1 Å². The Morgan fingerprint density at radius 3 is 2.44 bits per heavy atom. The first-order valence-corrected chi connectivity index (χ1v) is 11.6. The lowest BCUT2D eigenvalue weighted by Crippen LogP contribution is -2.23. The molecule has 1 fully saturated rings. The molecule has 4 rings (SSSR count).